The first-order valence-electron chi connectivity index (χ1n) is 8.75. The minimum atomic E-state index is -3.78. The molecule has 0 bridgehead atoms. The molecule has 1 saturated carbocycles. The molecular formula is C19H20N3O3S-. The predicted molar refractivity (Wildman–Crippen MR) is 99.5 cm³/mol. The second kappa shape index (κ2) is 6.48. The van der Waals surface area contributed by atoms with E-state index in [0.717, 1.165) is 36.8 Å². The molecule has 26 heavy (non-hydrogen) atoms. The molecule has 7 heteroatoms. The molecule has 0 spiro atoms. The maximum atomic E-state index is 13.1. The van der Waals surface area contributed by atoms with Gasteiger partial charge in [0.2, 0.25) is 0 Å². The van der Waals surface area contributed by atoms with E-state index in [4.69, 9.17) is 4.52 Å². The highest BCUT2D eigenvalue weighted by molar-refractivity contribution is 7.94. The number of sulfonamides is 1. The number of rotatable bonds is 4. The average molecular weight is 370 g/mol. The van der Waals surface area contributed by atoms with Crippen LogP contribution in [0, 0.1) is 13.8 Å². The van der Waals surface area contributed by atoms with Gasteiger partial charge < -0.3 is 9.25 Å². The van der Waals surface area contributed by atoms with E-state index in [1.165, 1.54) is 0 Å². The minimum Gasteiger partial charge on any atom is -0.542 e. The maximum absolute atomic E-state index is 13.1. The van der Waals surface area contributed by atoms with Crippen LogP contribution >= 0.6 is 0 Å². The Morgan fingerprint density at radius 2 is 1.96 bits per heavy atom. The lowest BCUT2D eigenvalue weighted by atomic mass is 10.0. The second-order valence-corrected chi connectivity index (χ2v) is 8.36. The molecule has 3 aromatic rings. The van der Waals surface area contributed by atoms with Crippen molar-refractivity contribution in [1.29, 1.82) is 0 Å². The Bertz CT molecular complexity index is 1050. The van der Waals surface area contributed by atoms with Crippen LogP contribution in [-0.4, -0.2) is 24.6 Å². The summed E-state index contributed by atoms with van der Waals surface area (Å²) in [6.07, 6.45) is 5.39. The van der Waals surface area contributed by atoms with Gasteiger partial charge in [-0.25, -0.2) is 8.42 Å². The fourth-order valence-corrected chi connectivity index (χ4v) is 5.11. The molecule has 6 nitrogen and oxygen atoms in total. The van der Waals surface area contributed by atoms with Crippen molar-refractivity contribution in [3.05, 3.63) is 46.6 Å². The zero-order chi connectivity index (χ0) is 18.3. The van der Waals surface area contributed by atoms with Crippen LogP contribution in [0.3, 0.4) is 0 Å². The van der Waals surface area contributed by atoms with Gasteiger partial charge in [-0.15, -0.1) is 6.04 Å². The summed E-state index contributed by atoms with van der Waals surface area (Å²) in [6, 6.07) is 6.94. The highest BCUT2D eigenvalue weighted by Crippen LogP contribution is 2.36. The Morgan fingerprint density at radius 3 is 2.65 bits per heavy atom. The van der Waals surface area contributed by atoms with Crippen molar-refractivity contribution in [2.75, 3.05) is 0 Å². The molecule has 1 aromatic carbocycles. The van der Waals surface area contributed by atoms with Gasteiger partial charge in [0.05, 0.1) is 16.1 Å². The summed E-state index contributed by atoms with van der Waals surface area (Å²) in [6.45, 7) is 3.65. The van der Waals surface area contributed by atoms with Crippen molar-refractivity contribution in [2.24, 2.45) is 0 Å². The number of fused-ring (bicyclic) bond motifs is 1. The molecule has 1 fully saturated rings. The van der Waals surface area contributed by atoms with Crippen LogP contribution in [0.2, 0.25) is 0 Å². The summed E-state index contributed by atoms with van der Waals surface area (Å²) in [4.78, 5) is 4.56. The number of hydrogen-bond donors (Lipinski definition) is 0. The van der Waals surface area contributed by atoms with Gasteiger partial charge in [-0.2, -0.15) is 0 Å². The van der Waals surface area contributed by atoms with E-state index < -0.39 is 10.0 Å². The molecule has 0 aliphatic heterocycles. The van der Waals surface area contributed by atoms with Crippen molar-refractivity contribution in [3.8, 4) is 11.1 Å². The van der Waals surface area contributed by atoms with E-state index in [1.54, 1.807) is 24.4 Å². The lowest BCUT2D eigenvalue weighted by Gasteiger charge is -2.28. The van der Waals surface area contributed by atoms with Crippen LogP contribution < -0.4 is 0 Å². The molecule has 0 unspecified atom stereocenters. The van der Waals surface area contributed by atoms with E-state index >= 15 is 0 Å². The lowest BCUT2D eigenvalue weighted by molar-refractivity contribution is 0.393. The Balaban J connectivity index is 1.90. The zero-order valence-corrected chi connectivity index (χ0v) is 15.6. The van der Waals surface area contributed by atoms with Gasteiger partial charge in [-0.3, -0.25) is 4.98 Å². The van der Waals surface area contributed by atoms with E-state index in [-0.39, 0.29) is 10.9 Å². The third-order valence-electron chi connectivity index (χ3n) is 4.90. The number of nitrogens with zero attached hydrogens (tertiary/aromatic N) is 3. The molecule has 0 N–H and O–H groups in total. The Morgan fingerprint density at radius 1 is 1.19 bits per heavy atom. The Kier molecular flexibility index (Phi) is 4.28. The molecule has 0 radical (unpaired) electrons. The maximum Gasteiger partial charge on any atom is 0.141 e. The predicted octanol–water partition coefficient (Wildman–Crippen LogP) is 4.51. The van der Waals surface area contributed by atoms with Crippen LogP contribution in [0.5, 0.6) is 0 Å². The fraction of sp³-hybridized carbons (Fsp3) is 0.368. The van der Waals surface area contributed by atoms with Gasteiger partial charge in [-0.1, -0.05) is 36.9 Å². The highest BCUT2D eigenvalue weighted by atomic mass is 32.2. The molecule has 1 aliphatic carbocycles. The van der Waals surface area contributed by atoms with E-state index in [0.29, 0.717) is 22.4 Å². The van der Waals surface area contributed by atoms with Crippen molar-refractivity contribution in [1.82, 2.24) is 10.1 Å². The lowest BCUT2D eigenvalue weighted by Crippen LogP contribution is -2.09. The molecule has 2 heterocycles. The molecule has 2 aromatic heterocycles. The van der Waals surface area contributed by atoms with Crippen LogP contribution in [0.15, 0.2) is 39.9 Å². The normalized spacial score (nSPS) is 15.8. The summed E-state index contributed by atoms with van der Waals surface area (Å²) in [5, 5.41) is 4.57. The minimum absolute atomic E-state index is 0.116. The number of benzene rings is 1. The summed E-state index contributed by atoms with van der Waals surface area (Å²) in [5.74, 6) is 0.647. The highest BCUT2D eigenvalue weighted by Gasteiger charge is 2.19. The summed E-state index contributed by atoms with van der Waals surface area (Å²) < 4.78 is 35.6. The number of pyridine rings is 1. The van der Waals surface area contributed by atoms with Gasteiger partial charge in [0, 0.05) is 17.1 Å². The first-order chi connectivity index (χ1) is 12.5. The van der Waals surface area contributed by atoms with Gasteiger partial charge in [0.15, 0.2) is 0 Å². The zero-order valence-electron chi connectivity index (χ0n) is 14.8. The van der Waals surface area contributed by atoms with Crippen LogP contribution in [0.1, 0.15) is 37.1 Å². The standard InChI is InChI=1S/C19H20N3O3S/c1-12-19(13(2)25-21-12)14-10-17-16(8-5-9-20-17)18(11-14)26(23,24)22-15-6-3-4-7-15/h5,8-11,15H,3-4,6-7H2,1-2H3/q-1. The van der Waals surface area contributed by atoms with E-state index in [9.17, 15) is 8.42 Å². The van der Waals surface area contributed by atoms with Gasteiger partial charge >= 0.3 is 0 Å². The molecular weight excluding hydrogens is 350 g/mol. The van der Waals surface area contributed by atoms with Crippen molar-refractivity contribution < 1.29 is 12.9 Å². The van der Waals surface area contributed by atoms with E-state index in [1.807, 2.05) is 19.9 Å². The van der Waals surface area contributed by atoms with Crippen LogP contribution in [0.4, 0.5) is 0 Å². The molecule has 1 aliphatic rings. The summed E-state index contributed by atoms with van der Waals surface area (Å²) in [5.41, 5.74) is 2.86. The average Bonchev–Trinajstić information content (AvgIpc) is 3.23. The largest absolute Gasteiger partial charge is 0.542 e. The first kappa shape index (κ1) is 17.2. The fourth-order valence-electron chi connectivity index (χ4n) is 3.66. The first-order valence-corrected chi connectivity index (χ1v) is 10.2. The van der Waals surface area contributed by atoms with Crippen molar-refractivity contribution in [3.63, 3.8) is 0 Å². The number of aryl methyl sites for hydroxylation is 2. The topological polar surface area (TPSA) is 87.2 Å². The Labute approximate surface area is 152 Å². The van der Waals surface area contributed by atoms with E-state index in [2.05, 4.69) is 14.9 Å². The quantitative estimate of drug-likeness (QED) is 0.674. The second-order valence-electron chi connectivity index (χ2n) is 6.76. The molecule has 0 amide bonds. The third kappa shape index (κ3) is 3.01. The summed E-state index contributed by atoms with van der Waals surface area (Å²) >= 11 is 0. The molecule has 136 valence electrons. The third-order valence-corrected chi connectivity index (χ3v) is 6.36. The number of aromatic nitrogens is 2. The van der Waals surface area contributed by atoms with Gasteiger partial charge in [0.1, 0.15) is 15.8 Å². The monoisotopic (exact) mass is 370 g/mol. The molecule has 0 atom stereocenters. The number of hydrogen-bond acceptors (Lipinski definition) is 5. The molecule has 4 rings (SSSR count). The van der Waals surface area contributed by atoms with Crippen LogP contribution in [0.25, 0.3) is 26.8 Å². The summed E-state index contributed by atoms with van der Waals surface area (Å²) in [7, 11) is -3.78. The van der Waals surface area contributed by atoms with Crippen LogP contribution in [-0.2, 0) is 10.0 Å². The smallest absolute Gasteiger partial charge is 0.141 e. The van der Waals surface area contributed by atoms with Gasteiger partial charge in [-0.05, 0) is 37.6 Å². The van der Waals surface area contributed by atoms with Gasteiger partial charge in [0.25, 0.3) is 0 Å². The van der Waals surface area contributed by atoms with Crippen molar-refractivity contribution in [2.45, 2.75) is 50.5 Å². The van der Waals surface area contributed by atoms with Crippen molar-refractivity contribution >= 4 is 20.9 Å². The Hall–Kier alpha value is -2.25. The molecule has 0 saturated heterocycles. The SMILES string of the molecule is Cc1noc(C)c1-c1cc(S(=O)(=O)[N-]C2CCCC2)c2cccnc2c1.